The number of anilines is 1. The number of nitrogens with one attached hydrogen (secondary N) is 2. The lowest BCUT2D eigenvalue weighted by molar-refractivity contribution is 0.627. The predicted molar refractivity (Wildman–Crippen MR) is 52.0 cm³/mol. The minimum atomic E-state index is 0.324. The summed E-state index contributed by atoms with van der Waals surface area (Å²) in [5.41, 5.74) is 2.20. The van der Waals surface area contributed by atoms with Crippen LogP contribution in [0, 0.1) is 0 Å². The molecular formula is C8H11ClN4. The average Bonchev–Trinajstić information content (AvgIpc) is 2.16. The first kappa shape index (κ1) is 8.72. The summed E-state index contributed by atoms with van der Waals surface area (Å²) in [6.07, 6.45) is 0.923. The molecule has 0 saturated carbocycles. The van der Waals surface area contributed by atoms with Crippen molar-refractivity contribution in [3.63, 3.8) is 0 Å². The predicted octanol–water partition coefficient (Wildman–Crippen LogP) is 0.817. The maximum Gasteiger partial charge on any atom is 0.224 e. The van der Waals surface area contributed by atoms with Gasteiger partial charge in [-0.05, 0) is 11.6 Å². The van der Waals surface area contributed by atoms with Crippen molar-refractivity contribution >= 4 is 17.4 Å². The van der Waals surface area contributed by atoms with E-state index in [1.165, 1.54) is 0 Å². The highest BCUT2D eigenvalue weighted by atomic mass is 35.5. The SMILES string of the molecule is CNc1nc(Cl)nc2c1CNCC2. The Morgan fingerprint density at radius 3 is 3.08 bits per heavy atom. The molecule has 0 fully saturated rings. The molecule has 0 aliphatic carbocycles. The molecular weight excluding hydrogens is 188 g/mol. The zero-order valence-corrected chi connectivity index (χ0v) is 8.15. The molecule has 0 spiro atoms. The van der Waals surface area contributed by atoms with Crippen molar-refractivity contribution in [3.05, 3.63) is 16.5 Å². The van der Waals surface area contributed by atoms with Crippen molar-refractivity contribution in [2.24, 2.45) is 0 Å². The molecule has 2 rings (SSSR count). The zero-order chi connectivity index (χ0) is 9.26. The third-order valence-corrected chi connectivity index (χ3v) is 2.31. The monoisotopic (exact) mass is 198 g/mol. The highest BCUT2D eigenvalue weighted by Gasteiger charge is 2.15. The number of fused-ring (bicyclic) bond motifs is 1. The van der Waals surface area contributed by atoms with E-state index in [0.717, 1.165) is 36.6 Å². The highest BCUT2D eigenvalue weighted by molar-refractivity contribution is 6.28. The molecule has 0 saturated heterocycles. The van der Waals surface area contributed by atoms with Crippen molar-refractivity contribution in [1.82, 2.24) is 15.3 Å². The summed E-state index contributed by atoms with van der Waals surface area (Å²) in [6.45, 7) is 1.78. The van der Waals surface area contributed by atoms with Crippen molar-refractivity contribution in [3.8, 4) is 0 Å². The Kier molecular flexibility index (Phi) is 2.33. The highest BCUT2D eigenvalue weighted by Crippen LogP contribution is 2.20. The summed E-state index contributed by atoms with van der Waals surface area (Å²) < 4.78 is 0. The van der Waals surface area contributed by atoms with Gasteiger partial charge in [0.15, 0.2) is 0 Å². The average molecular weight is 199 g/mol. The van der Waals surface area contributed by atoms with Gasteiger partial charge in [0.25, 0.3) is 0 Å². The minimum absolute atomic E-state index is 0.324. The topological polar surface area (TPSA) is 49.8 Å². The van der Waals surface area contributed by atoms with Gasteiger partial charge in [0, 0.05) is 32.1 Å². The molecule has 0 amide bonds. The standard InChI is InChI=1S/C8H11ClN4/c1-10-7-5-4-11-3-2-6(5)12-8(9)13-7/h11H,2-4H2,1H3,(H,10,12,13). The molecule has 2 heterocycles. The van der Waals surface area contributed by atoms with Gasteiger partial charge in [-0.3, -0.25) is 0 Å². The number of halogens is 1. The van der Waals surface area contributed by atoms with Crippen LogP contribution in [-0.4, -0.2) is 23.6 Å². The lowest BCUT2D eigenvalue weighted by Gasteiger charge is -2.18. The van der Waals surface area contributed by atoms with Gasteiger partial charge in [-0.25, -0.2) is 9.97 Å². The molecule has 1 aliphatic rings. The molecule has 1 aliphatic heterocycles. The van der Waals surface area contributed by atoms with E-state index in [4.69, 9.17) is 11.6 Å². The summed E-state index contributed by atoms with van der Waals surface area (Å²) in [6, 6.07) is 0. The number of nitrogens with zero attached hydrogens (tertiary/aromatic N) is 2. The normalized spacial score (nSPS) is 15.2. The Morgan fingerprint density at radius 2 is 2.31 bits per heavy atom. The first-order chi connectivity index (χ1) is 6.31. The fraction of sp³-hybridized carbons (Fsp3) is 0.500. The number of aromatic nitrogens is 2. The van der Waals surface area contributed by atoms with Crippen LogP contribution in [0.3, 0.4) is 0 Å². The van der Waals surface area contributed by atoms with Crippen LogP contribution in [0.15, 0.2) is 0 Å². The maximum atomic E-state index is 5.78. The summed E-state index contributed by atoms with van der Waals surface area (Å²) in [4.78, 5) is 8.30. The molecule has 13 heavy (non-hydrogen) atoms. The van der Waals surface area contributed by atoms with E-state index in [9.17, 15) is 0 Å². The van der Waals surface area contributed by atoms with E-state index in [1.807, 2.05) is 7.05 Å². The van der Waals surface area contributed by atoms with Crippen LogP contribution in [0.2, 0.25) is 5.28 Å². The Hall–Kier alpha value is -0.870. The van der Waals surface area contributed by atoms with Gasteiger partial charge in [0.05, 0.1) is 5.69 Å². The van der Waals surface area contributed by atoms with E-state index in [-0.39, 0.29) is 0 Å². The van der Waals surface area contributed by atoms with Gasteiger partial charge < -0.3 is 10.6 Å². The van der Waals surface area contributed by atoms with Crippen molar-refractivity contribution in [1.29, 1.82) is 0 Å². The number of rotatable bonds is 1. The van der Waals surface area contributed by atoms with Gasteiger partial charge in [0.2, 0.25) is 5.28 Å². The van der Waals surface area contributed by atoms with Gasteiger partial charge in [-0.1, -0.05) is 0 Å². The molecule has 1 aromatic rings. The maximum absolute atomic E-state index is 5.78. The van der Waals surface area contributed by atoms with Crippen molar-refractivity contribution < 1.29 is 0 Å². The molecule has 0 atom stereocenters. The minimum Gasteiger partial charge on any atom is -0.373 e. The fourth-order valence-corrected chi connectivity index (χ4v) is 1.71. The Bertz CT molecular complexity index is 309. The summed E-state index contributed by atoms with van der Waals surface area (Å²) in [5.74, 6) is 0.835. The van der Waals surface area contributed by atoms with Crippen LogP contribution < -0.4 is 10.6 Å². The first-order valence-electron chi connectivity index (χ1n) is 4.25. The van der Waals surface area contributed by atoms with E-state index in [1.54, 1.807) is 0 Å². The second-order valence-electron chi connectivity index (χ2n) is 2.94. The van der Waals surface area contributed by atoms with E-state index >= 15 is 0 Å². The first-order valence-corrected chi connectivity index (χ1v) is 4.63. The van der Waals surface area contributed by atoms with Crippen LogP contribution in [-0.2, 0) is 13.0 Å². The Labute approximate surface area is 81.7 Å². The quantitative estimate of drug-likeness (QED) is 0.656. The molecule has 0 aromatic carbocycles. The van der Waals surface area contributed by atoms with Crippen LogP contribution >= 0.6 is 11.6 Å². The molecule has 1 aromatic heterocycles. The molecule has 70 valence electrons. The smallest absolute Gasteiger partial charge is 0.224 e. The largest absolute Gasteiger partial charge is 0.373 e. The second kappa shape index (κ2) is 3.47. The Balaban J connectivity index is 2.50. The van der Waals surface area contributed by atoms with Gasteiger partial charge >= 0.3 is 0 Å². The fourth-order valence-electron chi connectivity index (χ4n) is 1.52. The third kappa shape index (κ3) is 1.59. The molecule has 2 N–H and O–H groups in total. The summed E-state index contributed by atoms with van der Waals surface area (Å²) in [5, 5.41) is 6.62. The van der Waals surface area contributed by atoms with E-state index in [2.05, 4.69) is 20.6 Å². The van der Waals surface area contributed by atoms with Crippen LogP contribution in [0.5, 0.6) is 0 Å². The second-order valence-corrected chi connectivity index (χ2v) is 3.28. The van der Waals surface area contributed by atoms with Gasteiger partial charge in [0.1, 0.15) is 5.82 Å². The Morgan fingerprint density at radius 1 is 1.46 bits per heavy atom. The van der Waals surface area contributed by atoms with E-state index in [0.29, 0.717) is 5.28 Å². The lowest BCUT2D eigenvalue weighted by atomic mass is 10.1. The molecule has 0 bridgehead atoms. The van der Waals surface area contributed by atoms with Crippen LogP contribution in [0.25, 0.3) is 0 Å². The number of hydrogen-bond acceptors (Lipinski definition) is 4. The molecule has 5 heteroatoms. The summed E-state index contributed by atoms with van der Waals surface area (Å²) >= 11 is 5.78. The molecule has 0 radical (unpaired) electrons. The lowest BCUT2D eigenvalue weighted by Crippen LogP contribution is -2.26. The summed E-state index contributed by atoms with van der Waals surface area (Å²) in [7, 11) is 1.84. The van der Waals surface area contributed by atoms with Crippen LogP contribution in [0.1, 0.15) is 11.3 Å². The van der Waals surface area contributed by atoms with E-state index < -0.39 is 0 Å². The van der Waals surface area contributed by atoms with Gasteiger partial charge in [-0.2, -0.15) is 0 Å². The van der Waals surface area contributed by atoms with Crippen LogP contribution in [0.4, 0.5) is 5.82 Å². The number of hydrogen-bond donors (Lipinski definition) is 2. The van der Waals surface area contributed by atoms with Crippen molar-refractivity contribution in [2.45, 2.75) is 13.0 Å². The molecule has 4 nitrogen and oxygen atoms in total. The zero-order valence-electron chi connectivity index (χ0n) is 7.39. The van der Waals surface area contributed by atoms with Gasteiger partial charge in [-0.15, -0.1) is 0 Å². The molecule has 0 unspecified atom stereocenters. The van der Waals surface area contributed by atoms with Crippen molar-refractivity contribution in [2.75, 3.05) is 18.9 Å². The third-order valence-electron chi connectivity index (χ3n) is 2.14.